The number of halogens is 3. The summed E-state index contributed by atoms with van der Waals surface area (Å²) in [6, 6.07) is 6.87. The number of amides is 2. The maximum Gasteiger partial charge on any atom is 0.425 e. The third-order valence-corrected chi connectivity index (χ3v) is 9.33. The smallest absolute Gasteiger partial charge is 0.425 e. The number of alkyl halides is 3. The number of anilines is 1. The van der Waals surface area contributed by atoms with Gasteiger partial charge in [-0.3, -0.25) is 5.41 Å². The van der Waals surface area contributed by atoms with Crippen LogP contribution in [0.4, 0.5) is 28.6 Å². The maximum atomic E-state index is 14.3. The van der Waals surface area contributed by atoms with E-state index in [-0.39, 0.29) is 38.9 Å². The van der Waals surface area contributed by atoms with Crippen LogP contribution in [0.15, 0.2) is 75.4 Å². The van der Waals surface area contributed by atoms with Crippen molar-refractivity contribution < 1.29 is 45.2 Å². The topological polar surface area (TPSA) is 204 Å². The molecule has 1 aliphatic carbocycles. The van der Waals surface area contributed by atoms with E-state index >= 15 is 0 Å². The van der Waals surface area contributed by atoms with E-state index in [1.165, 1.54) is 48.8 Å². The minimum atomic E-state index is -4.81. The Labute approximate surface area is 304 Å². The van der Waals surface area contributed by atoms with E-state index in [1.807, 2.05) is 0 Å². The molecule has 0 bridgehead atoms. The molecule has 14 nitrogen and oxygen atoms in total. The number of rotatable bonds is 7. The van der Waals surface area contributed by atoms with Gasteiger partial charge in [0.15, 0.2) is 33.1 Å². The molecule has 3 aromatic rings. The number of carbonyl (C=O) groups excluding carboxylic acids is 2. The van der Waals surface area contributed by atoms with Crippen molar-refractivity contribution in [3.63, 3.8) is 0 Å². The van der Waals surface area contributed by atoms with Crippen molar-refractivity contribution >= 4 is 39.4 Å². The standard InChI is InChI=1S/C35H40F3N7O7S/c1-19(2)53(48,49)22-12-10-21(11-13-22)26-18-41-29(45(31(46)50-33(3,4)5)32(47)51-34(6,7)8)28(43-26)27-16-25(44-52-27)23-14-9-20(17-42-30(39)40)15-24(23)35(36,37)38/h9-14,16-19H,15H2,1-8H3,(H4,39,40,42). The molecule has 0 saturated carbocycles. The lowest BCUT2D eigenvalue weighted by Gasteiger charge is -2.28. The van der Waals surface area contributed by atoms with Crippen LogP contribution in [-0.4, -0.2) is 64.3 Å². The Kier molecular flexibility index (Phi) is 11.3. The Morgan fingerprint density at radius 2 is 1.58 bits per heavy atom. The van der Waals surface area contributed by atoms with Crippen molar-refractivity contribution in [2.24, 2.45) is 5.73 Å². The van der Waals surface area contributed by atoms with Crippen LogP contribution >= 0.6 is 0 Å². The Morgan fingerprint density at radius 1 is 1.00 bits per heavy atom. The number of carbonyl (C=O) groups is 2. The molecule has 2 amide bonds. The summed E-state index contributed by atoms with van der Waals surface area (Å²) in [5.41, 5.74) is 1.86. The Hall–Kier alpha value is -5.52. The van der Waals surface area contributed by atoms with Crippen molar-refractivity contribution in [3.05, 3.63) is 71.7 Å². The fourth-order valence-electron chi connectivity index (χ4n) is 4.73. The summed E-state index contributed by atoms with van der Waals surface area (Å²) >= 11 is 0. The highest BCUT2D eigenvalue weighted by Crippen LogP contribution is 2.41. The van der Waals surface area contributed by atoms with Crippen molar-refractivity contribution in [1.82, 2.24) is 20.4 Å². The summed E-state index contributed by atoms with van der Waals surface area (Å²) in [5.74, 6) is -1.20. The number of hydrogen-bond donors (Lipinski definition) is 3. The summed E-state index contributed by atoms with van der Waals surface area (Å²) < 4.78 is 85.0. The molecule has 1 aromatic carbocycles. The number of sulfone groups is 1. The van der Waals surface area contributed by atoms with Gasteiger partial charge in [-0.2, -0.15) is 18.1 Å². The number of hydrogen-bond acceptors (Lipinski definition) is 11. The summed E-state index contributed by atoms with van der Waals surface area (Å²) in [6.45, 7) is 12.5. The highest BCUT2D eigenvalue weighted by molar-refractivity contribution is 7.92. The van der Waals surface area contributed by atoms with Gasteiger partial charge < -0.3 is 25.0 Å². The van der Waals surface area contributed by atoms with Crippen LogP contribution in [-0.2, 0) is 19.3 Å². The van der Waals surface area contributed by atoms with Gasteiger partial charge in [0.05, 0.1) is 22.0 Å². The zero-order valence-electron chi connectivity index (χ0n) is 30.2. The summed E-state index contributed by atoms with van der Waals surface area (Å²) in [7, 11) is -3.61. The molecule has 0 fully saturated rings. The molecule has 4 rings (SSSR count). The first-order valence-electron chi connectivity index (χ1n) is 16.1. The molecule has 284 valence electrons. The quantitative estimate of drug-likeness (QED) is 0.160. The van der Waals surface area contributed by atoms with E-state index in [0.717, 1.165) is 6.07 Å². The van der Waals surface area contributed by atoms with Gasteiger partial charge >= 0.3 is 18.4 Å². The predicted molar refractivity (Wildman–Crippen MR) is 190 cm³/mol. The van der Waals surface area contributed by atoms with E-state index in [1.54, 1.807) is 55.4 Å². The van der Waals surface area contributed by atoms with Crippen LogP contribution in [0.2, 0.25) is 0 Å². The zero-order valence-corrected chi connectivity index (χ0v) is 31.1. The second kappa shape index (κ2) is 14.8. The first-order chi connectivity index (χ1) is 24.4. The van der Waals surface area contributed by atoms with Crippen molar-refractivity contribution in [3.8, 4) is 22.7 Å². The van der Waals surface area contributed by atoms with Gasteiger partial charge in [-0.1, -0.05) is 29.4 Å². The van der Waals surface area contributed by atoms with Crippen LogP contribution in [0.3, 0.4) is 0 Å². The molecular weight excluding hydrogens is 719 g/mol. The second-order valence-corrected chi connectivity index (χ2v) is 16.6. The Bertz CT molecular complexity index is 2080. The molecular formula is C35H40F3N7O7S. The first-order valence-corrected chi connectivity index (χ1v) is 17.6. The molecule has 4 N–H and O–H groups in total. The van der Waals surface area contributed by atoms with E-state index in [4.69, 9.17) is 25.1 Å². The average molecular weight is 760 g/mol. The number of guanidine groups is 1. The predicted octanol–water partition coefficient (Wildman–Crippen LogP) is 7.30. The highest BCUT2D eigenvalue weighted by Gasteiger charge is 2.39. The van der Waals surface area contributed by atoms with Crippen LogP contribution in [0.1, 0.15) is 67.5 Å². The summed E-state index contributed by atoms with van der Waals surface area (Å²) in [4.78, 5) is 36.7. The van der Waals surface area contributed by atoms with E-state index in [0.29, 0.717) is 10.5 Å². The largest absolute Gasteiger partial charge is 0.443 e. The molecule has 0 spiro atoms. The number of allylic oxidation sites excluding steroid dienone is 5. The molecule has 2 aromatic heterocycles. The van der Waals surface area contributed by atoms with E-state index in [2.05, 4.69) is 20.4 Å². The number of benzene rings is 1. The molecule has 0 radical (unpaired) electrons. The SMILES string of the molecule is CC(C)S(=O)(=O)c1ccc(-c2cnc(N(C(=O)OC(C)(C)C)C(=O)OC(C)(C)C)c(-c3cc(C4=C(C(F)(F)F)CC(=CNC(=N)N)C=C4)no3)n2)cc1. The third-order valence-electron chi connectivity index (χ3n) is 7.16. The highest BCUT2D eigenvalue weighted by atomic mass is 32.2. The molecule has 18 heteroatoms. The van der Waals surface area contributed by atoms with Crippen molar-refractivity contribution in [1.29, 1.82) is 5.41 Å². The van der Waals surface area contributed by atoms with Crippen LogP contribution in [0, 0.1) is 5.41 Å². The Morgan fingerprint density at radius 3 is 2.09 bits per heavy atom. The molecule has 0 aliphatic heterocycles. The molecule has 1 aliphatic rings. The van der Waals surface area contributed by atoms with E-state index in [9.17, 15) is 31.2 Å². The minimum absolute atomic E-state index is 0.0614. The van der Waals surface area contributed by atoms with Gasteiger partial charge in [0.1, 0.15) is 16.9 Å². The van der Waals surface area contributed by atoms with Gasteiger partial charge in [-0.25, -0.2) is 28.0 Å². The van der Waals surface area contributed by atoms with Crippen LogP contribution in [0.5, 0.6) is 0 Å². The summed E-state index contributed by atoms with van der Waals surface area (Å²) in [6.07, 6.45) is -2.86. The van der Waals surface area contributed by atoms with Gasteiger partial charge in [-0.05, 0) is 73.1 Å². The van der Waals surface area contributed by atoms with Gasteiger partial charge in [-0.15, -0.1) is 0 Å². The lowest BCUT2D eigenvalue weighted by Crippen LogP contribution is -2.44. The molecule has 0 saturated heterocycles. The van der Waals surface area contributed by atoms with Gasteiger partial charge in [0.25, 0.3) is 0 Å². The van der Waals surface area contributed by atoms with Crippen LogP contribution < -0.4 is 16.0 Å². The number of nitrogens with one attached hydrogen (secondary N) is 2. The number of imide groups is 1. The number of nitrogens with zero attached hydrogens (tertiary/aromatic N) is 4. The molecule has 53 heavy (non-hydrogen) atoms. The lowest BCUT2D eigenvalue weighted by atomic mass is 9.92. The fourth-order valence-corrected chi connectivity index (χ4v) is 5.79. The lowest BCUT2D eigenvalue weighted by molar-refractivity contribution is -0.0925. The molecule has 0 unspecified atom stereocenters. The average Bonchev–Trinajstić information content (AvgIpc) is 3.52. The molecule has 2 heterocycles. The number of ether oxygens (including phenoxy) is 2. The minimum Gasteiger partial charge on any atom is -0.443 e. The molecule has 0 atom stereocenters. The first kappa shape index (κ1) is 40.3. The number of aromatic nitrogens is 3. The number of nitrogens with two attached hydrogens (primary N) is 1. The fraction of sp³-hybridized carbons (Fsp3) is 0.371. The monoisotopic (exact) mass is 759 g/mol. The zero-order chi connectivity index (χ0) is 39.7. The summed E-state index contributed by atoms with van der Waals surface area (Å²) in [5, 5.41) is 12.9. The van der Waals surface area contributed by atoms with Gasteiger partial charge in [0, 0.05) is 35.4 Å². The van der Waals surface area contributed by atoms with E-state index < -0.39 is 68.4 Å². The van der Waals surface area contributed by atoms with Crippen LogP contribution in [0.25, 0.3) is 28.3 Å². The second-order valence-electron chi connectivity index (χ2n) is 14.1. The van der Waals surface area contributed by atoms with Crippen molar-refractivity contribution in [2.45, 2.75) is 89.3 Å². The third kappa shape index (κ3) is 9.88. The normalized spacial score (nSPS) is 14.8. The maximum absolute atomic E-state index is 14.3. The Balaban J connectivity index is 1.94. The van der Waals surface area contributed by atoms with Gasteiger partial charge in [0.2, 0.25) is 0 Å². The van der Waals surface area contributed by atoms with Crippen molar-refractivity contribution in [2.75, 3.05) is 4.90 Å².